The summed E-state index contributed by atoms with van der Waals surface area (Å²) in [5.74, 6) is 1.48. The highest BCUT2D eigenvalue weighted by molar-refractivity contribution is 6.13. The van der Waals surface area contributed by atoms with E-state index in [1.807, 2.05) is 26.0 Å². The molecule has 0 heterocycles. The van der Waals surface area contributed by atoms with Crippen LogP contribution in [-0.4, -0.2) is 11.9 Å². The Morgan fingerprint density at radius 3 is 2.05 bits per heavy atom. The van der Waals surface area contributed by atoms with Crippen molar-refractivity contribution in [2.75, 3.05) is 4.90 Å². The molecule has 2 aromatic carbocycles. The van der Waals surface area contributed by atoms with Gasteiger partial charge in [-0.1, -0.05) is 6.07 Å². The van der Waals surface area contributed by atoms with Gasteiger partial charge in [0.2, 0.25) is 0 Å². The molecule has 0 aliphatic heterocycles. The van der Waals surface area contributed by atoms with Crippen molar-refractivity contribution in [3.05, 3.63) is 53.6 Å². The summed E-state index contributed by atoms with van der Waals surface area (Å²) in [6.07, 6.45) is 0. The van der Waals surface area contributed by atoms with Gasteiger partial charge >= 0.3 is 6.03 Å². The molecule has 0 atom stereocenters. The van der Waals surface area contributed by atoms with Gasteiger partial charge in [-0.15, -0.1) is 0 Å². The Morgan fingerprint density at radius 2 is 1.59 bits per heavy atom. The van der Waals surface area contributed by atoms with Crippen LogP contribution in [0.2, 0.25) is 0 Å². The van der Waals surface area contributed by atoms with Crippen LogP contribution in [0.3, 0.4) is 0 Å². The summed E-state index contributed by atoms with van der Waals surface area (Å²) >= 11 is 0. The number of ether oxygens (including phenoxy) is 1. The molecule has 0 unspecified atom stereocenters. The maximum atomic E-state index is 11.4. The Morgan fingerprint density at radius 1 is 1.05 bits per heavy atom. The van der Waals surface area contributed by atoms with Gasteiger partial charge in [-0.25, -0.2) is 4.79 Å². The van der Waals surface area contributed by atoms with Crippen LogP contribution in [0.4, 0.5) is 10.5 Å². The molecule has 3 N–H and O–H groups in total. The lowest BCUT2D eigenvalue weighted by molar-refractivity contribution is 0.256. The molecular formula is C17H19N3O2. The molecule has 0 aliphatic rings. The third-order valence-corrected chi connectivity index (χ3v) is 3.08. The van der Waals surface area contributed by atoms with Crippen LogP contribution < -0.4 is 15.4 Å². The second kappa shape index (κ2) is 6.30. The fourth-order valence-corrected chi connectivity index (χ4v) is 2.28. The summed E-state index contributed by atoms with van der Waals surface area (Å²) in [4.78, 5) is 12.5. The van der Waals surface area contributed by atoms with Gasteiger partial charge in [0.25, 0.3) is 0 Å². The maximum Gasteiger partial charge on any atom is 0.324 e. The van der Waals surface area contributed by atoms with Crippen molar-refractivity contribution in [2.24, 2.45) is 5.73 Å². The molecule has 2 rings (SSSR count). The van der Waals surface area contributed by atoms with E-state index in [0.29, 0.717) is 11.4 Å². The highest BCUT2D eigenvalue weighted by Gasteiger charge is 2.14. The predicted octanol–water partition coefficient (Wildman–Crippen LogP) is 3.98. The van der Waals surface area contributed by atoms with E-state index in [0.717, 1.165) is 21.8 Å². The van der Waals surface area contributed by atoms with E-state index in [4.69, 9.17) is 15.9 Å². The quantitative estimate of drug-likeness (QED) is 0.664. The van der Waals surface area contributed by atoms with Gasteiger partial charge in [0, 0.05) is 0 Å². The predicted molar refractivity (Wildman–Crippen MR) is 87.9 cm³/mol. The van der Waals surface area contributed by atoms with Crippen molar-refractivity contribution in [2.45, 2.75) is 20.8 Å². The smallest absolute Gasteiger partial charge is 0.324 e. The Bertz CT molecular complexity index is 674. The summed E-state index contributed by atoms with van der Waals surface area (Å²) in [7, 11) is 0. The summed E-state index contributed by atoms with van der Waals surface area (Å²) in [5, 5.41) is 7.59. The van der Waals surface area contributed by atoms with Crippen molar-refractivity contribution < 1.29 is 9.53 Å². The molecule has 5 heteroatoms. The SMILES string of the molecule is CC(=N)N(C(N)=O)c1ccc(Oc2cc(C)cc(C)c2)cc1. The summed E-state index contributed by atoms with van der Waals surface area (Å²) < 4.78 is 5.81. The van der Waals surface area contributed by atoms with E-state index in [2.05, 4.69) is 6.07 Å². The topological polar surface area (TPSA) is 79.4 Å². The number of aryl methyl sites for hydroxylation is 2. The number of rotatable bonds is 3. The minimum absolute atomic E-state index is 0.0653. The number of benzene rings is 2. The van der Waals surface area contributed by atoms with E-state index >= 15 is 0 Å². The van der Waals surface area contributed by atoms with E-state index in [-0.39, 0.29) is 5.84 Å². The number of amides is 2. The lowest BCUT2D eigenvalue weighted by Crippen LogP contribution is -2.38. The highest BCUT2D eigenvalue weighted by Crippen LogP contribution is 2.26. The lowest BCUT2D eigenvalue weighted by Gasteiger charge is -2.19. The first-order valence-corrected chi connectivity index (χ1v) is 6.88. The van der Waals surface area contributed by atoms with Crippen LogP contribution in [0.15, 0.2) is 42.5 Å². The van der Waals surface area contributed by atoms with Crippen LogP contribution in [0.25, 0.3) is 0 Å². The first-order valence-electron chi connectivity index (χ1n) is 6.88. The number of hydrogen-bond donors (Lipinski definition) is 2. The summed E-state index contributed by atoms with van der Waals surface area (Å²) in [5.41, 5.74) is 8.08. The van der Waals surface area contributed by atoms with Gasteiger partial charge in [0.1, 0.15) is 17.3 Å². The molecule has 0 radical (unpaired) electrons. The highest BCUT2D eigenvalue weighted by atomic mass is 16.5. The van der Waals surface area contributed by atoms with Crippen molar-refractivity contribution in [3.63, 3.8) is 0 Å². The zero-order chi connectivity index (χ0) is 16.3. The number of urea groups is 1. The van der Waals surface area contributed by atoms with Crippen LogP contribution in [0.1, 0.15) is 18.1 Å². The van der Waals surface area contributed by atoms with Crippen LogP contribution in [-0.2, 0) is 0 Å². The minimum Gasteiger partial charge on any atom is -0.457 e. The molecule has 0 saturated heterocycles. The van der Waals surface area contributed by atoms with Gasteiger partial charge in [-0.2, -0.15) is 0 Å². The van der Waals surface area contributed by atoms with Crippen molar-refractivity contribution in [1.29, 1.82) is 5.41 Å². The standard InChI is InChI=1S/C17H19N3O2/c1-11-8-12(2)10-16(9-11)22-15-6-4-14(5-7-15)20(13(3)18)17(19)21/h4-10,18H,1-3H3,(H2,19,21). The zero-order valence-corrected chi connectivity index (χ0v) is 12.9. The molecule has 0 aromatic heterocycles. The number of carbonyl (C=O) groups is 1. The Balaban J connectivity index is 2.21. The fraction of sp³-hybridized carbons (Fsp3) is 0.176. The van der Waals surface area contributed by atoms with Gasteiger partial charge in [-0.05, 0) is 68.3 Å². The van der Waals surface area contributed by atoms with Crippen LogP contribution in [0, 0.1) is 19.3 Å². The first kappa shape index (κ1) is 15.6. The first-order chi connectivity index (χ1) is 10.4. The Labute approximate surface area is 129 Å². The minimum atomic E-state index is -0.685. The second-order valence-corrected chi connectivity index (χ2v) is 5.18. The molecule has 2 aromatic rings. The average Bonchev–Trinajstić information content (AvgIpc) is 2.39. The number of anilines is 1. The molecule has 0 bridgehead atoms. The number of hydrogen-bond acceptors (Lipinski definition) is 3. The Hall–Kier alpha value is -2.82. The van der Waals surface area contributed by atoms with Gasteiger partial charge in [0.15, 0.2) is 0 Å². The number of nitrogens with zero attached hydrogens (tertiary/aromatic N) is 1. The number of amidine groups is 1. The fourth-order valence-electron chi connectivity index (χ4n) is 2.28. The molecule has 114 valence electrons. The third-order valence-electron chi connectivity index (χ3n) is 3.08. The Kier molecular flexibility index (Phi) is 4.46. The third kappa shape index (κ3) is 3.63. The van der Waals surface area contributed by atoms with Crippen LogP contribution in [0.5, 0.6) is 11.5 Å². The number of nitrogens with one attached hydrogen (secondary N) is 1. The van der Waals surface area contributed by atoms with Gasteiger partial charge in [-0.3, -0.25) is 10.3 Å². The summed E-state index contributed by atoms with van der Waals surface area (Å²) in [6.45, 7) is 5.53. The second-order valence-electron chi connectivity index (χ2n) is 5.18. The normalized spacial score (nSPS) is 10.1. The number of primary amides is 1. The molecule has 0 spiro atoms. The molecule has 22 heavy (non-hydrogen) atoms. The van der Waals surface area contributed by atoms with E-state index in [9.17, 15) is 4.79 Å². The molecular weight excluding hydrogens is 278 g/mol. The van der Waals surface area contributed by atoms with Crippen molar-refractivity contribution in [3.8, 4) is 11.5 Å². The van der Waals surface area contributed by atoms with Crippen molar-refractivity contribution in [1.82, 2.24) is 0 Å². The molecule has 2 amide bonds. The number of nitrogens with two attached hydrogens (primary N) is 1. The molecule has 0 aliphatic carbocycles. The monoisotopic (exact) mass is 297 g/mol. The van der Waals surface area contributed by atoms with Gasteiger partial charge < -0.3 is 10.5 Å². The number of carbonyl (C=O) groups excluding carboxylic acids is 1. The molecule has 0 saturated carbocycles. The largest absolute Gasteiger partial charge is 0.457 e. The molecule has 0 fully saturated rings. The lowest BCUT2D eigenvalue weighted by atomic mass is 10.1. The van der Waals surface area contributed by atoms with Crippen LogP contribution >= 0.6 is 0 Å². The van der Waals surface area contributed by atoms with E-state index in [1.54, 1.807) is 24.3 Å². The maximum absolute atomic E-state index is 11.4. The van der Waals surface area contributed by atoms with Gasteiger partial charge in [0.05, 0.1) is 5.69 Å². The van der Waals surface area contributed by atoms with E-state index < -0.39 is 6.03 Å². The van der Waals surface area contributed by atoms with Crippen molar-refractivity contribution >= 4 is 17.6 Å². The molecule has 5 nitrogen and oxygen atoms in total. The zero-order valence-electron chi connectivity index (χ0n) is 12.9. The average molecular weight is 297 g/mol. The van der Waals surface area contributed by atoms with E-state index in [1.165, 1.54) is 6.92 Å². The summed E-state index contributed by atoms with van der Waals surface area (Å²) in [6, 6.07) is 12.2.